The molecule has 3 aromatic heterocycles. The molecule has 0 bridgehead atoms. The zero-order chi connectivity index (χ0) is 23.2. The molecular formula is C23H21ClN4O4S. The van der Waals surface area contributed by atoms with Gasteiger partial charge in [-0.3, -0.25) is 4.79 Å². The molecule has 1 aliphatic rings. The lowest BCUT2D eigenvalue weighted by Crippen LogP contribution is -2.23. The molecular weight excluding hydrogens is 464 g/mol. The van der Waals surface area contributed by atoms with Crippen LogP contribution in [0.3, 0.4) is 0 Å². The minimum atomic E-state index is -3.12. The number of carbonyl (C=O) groups excluding carboxylic acids is 1. The van der Waals surface area contributed by atoms with Gasteiger partial charge in [0.25, 0.3) is 5.91 Å². The SMILES string of the molecule is Cc1nn([C@@H]2CCS(=O)(=O)C2)c2nc(-c3ccco3)cc(C(=O)NCc3ccc(Cl)cc3)c12. The monoisotopic (exact) mass is 484 g/mol. The zero-order valence-corrected chi connectivity index (χ0v) is 19.4. The number of pyridine rings is 1. The summed E-state index contributed by atoms with van der Waals surface area (Å²) in [7, 11) is -3.12. The number of hydrogen-bond donors (Lipinski definition) is 1. The van der Waals surface area contributed by atoms with Crippen molar-refractivity contribution in [3.63, 3.8) is 0 Å². The molecule has 1 atom stereocenters. The Hall–Kier alpha value is -3.17. The van der Waals surface area contributed by atoms with Gasteiger partial charge in [-0.15, -0.1) is 0 Å². The molecule has 33 heavy (non-hydrogen) atoms. The van der Waals surface area contributed by atoms with E-state index in [0.29, 0.717) is 51.7 Å². The Morgan fingerprint density at radius 3 is 2.73 bits per heavy atom. The molecule has 1 aliphatic heterocycles. The van der Waals surface area contributed by atoms with E-state index in [0.717, 1.165) is 5.56 Å². The third-order valence-corrected chi connectivity index (χ3v) is 7.78. The van der Waals surface area contributed by atoms with Gasteiger partial charge in [0.05, 0.1) is 40.5 Å². The standard InChI is InChI=1S/C23H21ClN4O4S/c1-14-21-18(23(29)25-12-15-4-6-16(24)7-5-15)11-19(20-3-2-9-32-20)26-22(21)28(27-14)17-8-10-33(30,31)13-17/h2-7,9,11,17H,8,10,12-13H2,1H3,(H,25,29)/t17-/m1/s1. The fourth-order valence-corrected chi connectivity index (χ4v) is 5.96. The van der Waals surface area contributed by atoms with Gasteiger partial charge in [-0.1, -0.05) is 23.7 Å². The average molecular weight is 485 g/mol. The van der Waals surface area contributed by atoms with Gasteiger partial charge in [-0.05, 0) is 49.2 Å². The van der Waals surface area contributed by atoms with Crippen molar-refractivity contribution in [3.05, 3.63) is 70.6 Å². The van der Waals surface area contributed by atoms with Crippen LogP contribution in [0, 0.1) is 6.92 Å². The molecule has 5 rings (SSSR count). The van der Waals surface area contributed by atoms with Gasteiger partial charge in [0, 0.05) is 11.6 Å². The topological polar surface area (TPSA) is 107 Å². The lowest BCUT2D eigenvalue weighted by Gasteiger charge is -2.12. The first kappa shape index (κ1) is 21.7. The Morgan fingerprint density at radius 1 is 1.27 bits per heavy atom. The number of nitrogens with zero attached hydrogens (tertiary/aromatic N) is 3. The maximum atomic E-state index is 13.3. The first-order valence-electron chi connectivity index (χ1n) is 10.5. The van der Waals surface area contributed by atoms with Crippen LogP contribution in [0.1, 0.15) is 34.1 Å². The minimum absolute atomic E-state index is 0.00791. The van der Waals surface area contributed by atoms with Crippen LogP contribution >= 0.6 is 11.6 Å². The van der Waals surface area contributed by atoms with Gasteiger partial charge in [0.1, 0.15) is 5.69 Å². The van der Waals surface area contributed by atoms with E-state index in [1.54, 1.807) is 41.9 Å². The molecule has 1 aromatic carbocycles. The van der Waals surface area contributed by atoms with Crippen LogP contribution in [0.4, 0.5) is 0 Å². The Balaban J connectivity index is 1.58. The summed E-state index contributed by atoms with van der Waals surface area (Å²) in [6, 6.07) is 12.1. The lowest BCUT2D eigenvalue weighted by atomic mass is 10.1. The van der Waals surface area contributed by atoms with Gasteiger partial charge < -0.3 is 9.73 Å². The number of aromatic nitrogens is 3. The highest BCUT2D eigenvalue weighted by Crippen LogP contribution is 2.32. The summed E-state index contributed by atoms with van der Waals surface area (Å²) in [6.45, 7) is 2.12. The fraction of sp³-hybridized carbons (Fsp3) is 0.261. The largest absolute Gasteiger partial charge is 0.463 e. The quantitative estimate of drug-likeness (QED) is 0.459. The first-order chi connectivity index (χ1) is 15.8. The summed E-state index contributed by atoms with van der Waals surface area (Å²) in [5.74, 6) is 0.346. The van der Waals surface area contributed by atoms with Crippen molar-refractivity contribution < 1.29 is 17.6 Å². The number of halogens is 1. The molecule has 170 valence electrons. The Labute approximate surface area is 195 Å². The molecule has 1 N–H and O–H groups in total. The van der Waals surface area contributed by atoms with Crippen LogP contribution in [0.15, 0.2) is 53.1 Å². The van der Waals surface area contributed by atoms with Crippen molar-refractivity contribution >= 4 is 38.4 Å². The third kappa shape index (κ3) is 4.26. The number of fused-ring (bicyclic) bond motifs is 1. The Kier molecular flexibility index (Phi) is 5.46. The summed E-state index contributed by atoms with van der Waals surface area (Å²) >= 11 is 5.94. The van der Waals surface area contributed by atoms with Crippen LogP contribution < -0.4 is 5.32 Å². The van der Waals surface area contributed by atoms with Gasteiger partial charge in [-0.2, -0.15) is 5.10 Å². The second-order valence-electron chi connectivity index (χ2n) is 8.13. The number of rotatable bonds is 5. The second-order valence-corrected chi connectivity index (χ2v) is 10.8. The van der Waals surface area contributed by atoms with E-state index in [-0.39, 0.29) is 23.5 Å². The van der Waals surface area contributed by atoms with Crippen molar-refractivity contribution in [2.45, 2.75) is 25.9 Å². The van der Waals surface area contributed by atoms with E-state index in [4.69, 9.17) is 21.0 Å². The molecule has 0 aliphatic carbocycles. The van der Waals surface area contributed by atoms with E-state index in [1.807, 2.05) is 12.1 Å². The number of benzene rings is 1. The number of aryl methyl sites for hydroxylation is 1. The molecule has 10 heteroatoms. The molecule has 1 saturated heterocycles. The zero-order valence-electron chi connectivity index (χ0n) is 17.8. The van der Waals surface area contributed by atoms with Crippen LogP contribution in [0.5, 0.6) is 0 Å². The Bertz CT molecular complexity index is 1440. The van der Waals surface area contributed by atoms with Gasteiger partial charge >= 0.3 is 0 Å². The minimum Gasteiger partial charge on any atom is -0.463 e. The normalized spacial score (nSPS) is 17.5. The summed E-state index contributed by atoms with van der Waals surface area (Å²) in [4.78, 5) is 18.0. The molecule has 0 saturated carbocycles. The molecule has 0 spiro atoms. The summed E-state index contributed by atoms with van der Waals surface area (Å²) in [5.41, 5.74) is 2.88. The highest BCUT2D eigenvalue weighted by Gasteiger charge is 2.32. The molecule has 1 fully saturated rings. The number of amides is 1. The second kappa shape index (κ2) is 8.31. The van der Waals surface area contributed by atoms with Crippen LogP contribution in [-0.2, 0) is 16.4 Å². The predicted octanol–water partition coefficient (Wildman–Crippen LogP) is 3.94. The van der Waals surface area contributed by atoms with Gasteiger partial charge in [0.2, 0.25) is 0 Å². The lowest BCUT2D eigenvalue weighted by molar-refractivity contribution is 0.0952. The van der Waals surface area contributed by atoms with Gasteiger partial charge in [0.15, 0.2) is 21.2 Å². The van der Waals surface area contributed by atoms with E-state index in [2.05, 4.69) is 10.4 Å². The van der Waals surface area contributed by atoms with Crippen molar-refractivity contribution in [3.8, 4) is 11.5 Å². The van der Waals surface area contributed by atoms with E-state index in [1.165, 1.54) is 6.26 Å². The highest BCUT2D eigenvalue weighted by molar-refractivity contribution is 7.91. The molecule has 4 aromatic rings. The predicted molar refractivity (Wildman–Crippen MR) is 125 cm³/mol. The molecule has 0 unspecified atom stereocenters. The van der Waals surface area contributed by atoms with Crippen molar-refractivity contribution in [2.75, 3.05) is 11.5 Å². The van der Waals surface area contributed by atoms with Crippen molar-refractivity contribution in [2.24, 2.45) is 0 Å². The molecule has 4 heterocycles. The molecule has 0 radical (unpaired) electrons. The Morgan fingerprint density at radius 2 is 2.06 bits per heavy atom. The summed E-state index contributed by atoms with van der Waals surface area (Å²) in [6.07, 6.45) is 2.00. The number of nitrogens with one attached hydrogen (secondary N) is 1. The summed E-state index contributed by atoms with van der Waals surface area (Å²) < 4.78 is 31.3. The number of sulfone groups is 1. The number of hydrogen-bond acceptors (Lipinski definition) is 6. The smallest absolute Gasteiger partial charge is 0.252 e. The van der Waals surface area contributed by atoms with Crippen molar-refractivity contribution in [1.82, 2.24) is 20.1 Å². The molecule has 1 amide bonds. The van der Waals surface area contributed by atoms with Crippen LogP contribution in [0.2, 0.25) is 5.02 Å². The fourth-order valence-electron chi connectivity index (χ4n) is 4.15. The number of carbonyl (C=O) groups is 1. The van der Waals surface area contributed by atoms with Crippen LogP contribution in [0.25, 0.3) is 22.5 Å². The molecule has 8 nitrogen and oxygen atoms in total. The maximum absolute atomic E-state index is 13.3. The van der Waals surface area contributed by atoms with E-state index in [9.17, 15) is 13.2 Å². The first-order valence-corrected chi connectivity index (χ1v) is 12.7. The third-order valence-electron chi connectivity index (χ3n) is 5.78. The number of furan rings is 1. The highest BCUT2D eigenvalue weighted by atomic mass is 35.5. The van der Waals surface area contributed by atoms with Gasteiger partial charge in [-0.25, -0.2) is 18.1 Å². The van der Waals surface area contributed by atoms with E-state index < -0.39 is 9.84 Å². The maximum Gasteiger partial charge on any atom is 0.252 e. The van der Waals surface area contributed by atoms with Crippen LogP contribution in [-0.4, -0.2) is 40.6 Å². The van der Waals surface area contributed by atoms with Crippen molar-refractivity contribution in [1.29, 1.82) is 0 Å². The summed E-state index contributed by atoms with van der Waals surface area (Å²) in [5, 5.41) is 8.77. The average Bonchev–Trinajstić information content (AvgIpc) is 3.52. The van der Waals surface area contributed by atoms with E-state index >= 15 is 0 Å².